The predicted octanol–water partition coefficient (Wildman–Crippen LogP) is -4.93. The van der Waals surface area contributed by atoms with E-state index in [0.717, 1.165) is 0 Å². The Kier molecular flexibility index (Phi) is 11.3. The molecule has 0 unspecified atom stereocenters. The molecule has 0 radical (unpaired) electrons. The van der Waals surface area contributed by atoms with Crippen molar-refractivity contribution < 1.29 is 58.6 Å². The van der Waals surface area contributed by atoms with Crippen LogP contribution in [0.4, 0.5) is 0 Å². The van der Waals surface area contributed by atoms with Crippen LogP contribution in [0.2, 0.25) is 0 Å². The van der Waals surface area contributed by atoms with Crippen LogP contribution in [-0.4, -0.2) is 8.41 Å². The van der Waals surface area contributed by atoms with Crippen molar-refractivity contribution >= 4 is 8.41 Å². The molecule has 0 aromatic heterocycles. The molecule has 0 aromatic carbocycles. The van der Waals surface area contributed by atoms with Crippen molar-refractivity contribution in [3.8, 4) is 0 Å². The van der Waals surface area contributed by atoms with E-state index in [9.17, 15) is 0 Å². The van der Waals surface area contributed by atoms with Gasteiger partial charge in [-0.3, -0.25) is 0 Å². The Bertz CT molecular complexity index is 163. The van der Waals surface area contributed by atoms with E-state index < -0.39 is 14.8 Å². The third kappa shape index (κ3) is 204. The van der Waals surface area contributed by atoms with E-state index in [1.54, 1.807) is 0 Å². The predicted molar refractivity (Wildman–Crippen MR) is 14.1 cm³/mol. The van der Waals surface area contributed by atoms with Crippen molar-refractivity contribution in [1.82, 2.24) is 0 Å². The molecular weight excluding hydrogens is 288 g/mol. The normalized spacial score (nSPS) is 8.00. The minimum absolute atomic E-state index is 0. The van der Waals surface area contributed by atoms with Crippen molar-refractivity contribution in [2.75, 3.05) is 0 Å². The Balaban J connectivity index is -0.0000000800. The molecule has 4 nitrogen and oxygen atoms in total. The fraction of sp³-hybridized carbons (Fsp3) is 0. The van der Waals surface area contributed by atoms with Gasteiger partial charge in [-0.15, -0.1) is 0 Å². The molecule has 0 atom stereocenters. The summed E-state index contributed by atoms with van der Waals surface area (Å²) in [5.41, 5.74) is 0. The molecule has 0 aromatic rings. The van der Waals surface area contributed by atoms with Gasteiger partial charge >= 0.3 is 58.6 Å². The van der Waals surface area contributed by atoms with Gasteiger partial charge < -0.3 is 0 Å². The Morgan fingerprint density at radius 2 is 0.857 bits per heavy atom. The minimum atomic E-state index is -6.06. The van der Waals surface area contributed by atoms with E-state index >= 15 is 0 Å². The second-order valence-corrected chi connectivity index (χ2v) is 2.89. The summed E-state index contributed by atoms with van der Waals surface area (Å²) in [6, 6.07) is 0. The fourth-order valence-corrected chi connectivity index (χ4v) is 0. The standard InChI is InChI=1S/BH4.Na.4O.Os/h1H4;;;;;;/q-1;+1;;;;;. The van der Waals surface area contributed by atoms with Gasteiger partial charge in [-0.05, 0) is 0 Å². The summed E-state index contributed by atoms with van der Waals surface area (Å²) in [6.07, 6.45) is 0. The van der Waals surface area contributed by atoms with Crippen LogP contribution in [0.3, 0.4) is 0 Å². The Morgan fingerprint density at radius 1 is 0.857 bits per heavy atom. The summed E-state index contributed by atoms with van der Waals surface area (Å²) in [7, 11) is 0. The molecule has 0 bridgehead atoms. The zero-order chi connectivity index (χ0) is 4.50. The molecule has 0 spiro atoms. The molecule has 40 valence electrons. The van der Waals surface area contributed by atoms with Crippen molar-refractivity contribution in [3.05, 3.63) is 0 Å². The van der Waals surface area contributed by atoms with Gasteiger partial charge in [-0.2, -0.15) is 0 Å². The van der Waals surface area contributed by atoms with Crippen LogP contribution in [-0.2, 0) is 29.0 Å². The fourth-order valence-electron chi connectivity index (χ4n) is 0. The molecule has 7 heavy (non-hydrogen) atoms. The SMILES string of the molecule is [BH4-].[Na+].[O]=[Os](=[O])(=[O])=[O]. The first-order chi connectivity index (χ1) is 2.00. The third-order valence-electron chi connectivity index (χ3n) is 0. The summed E-state index contributed by atoms with van der Waals surface area (Å²) >= 11 is -6.06. The average molecular weight is 292 g/mol. The molecule has 0 aliphatic carbocycles. The summed E-state index contributed by atoms with van der Waals surface area (Å²) in [6.45, 7) is 0. The molecule has 0 saturated carbocycles. The molecule has 0 aliphatic rings. The van der Waals surface area contributed by atoms with Gasteiger partial charge in [0.2, 0.25) is 0 Å². The Labute approximate surface area is 66.5 Å². The Hall–Kier alpha value is 0.901. The van der Waals surface area contributed by atoms with Crippen molar-refractivity contribution in [3.63, 3.8) is 0 Å². The first-order valence-corrected chi connectivity index (χ1v) is 4.73. The summed E-state index contributed by atoms with van der Waals surface area (Å²) in [5, 5.41) is 0. The maximum atomic E-state index is 8.63. The zero-order valence-electron chi connectivity index (χ0n) is 2.99. The molecule has 0 fully saturated rings. The van der Waals surface area contributed by atoms with Crippen molar-refractivity contribution in [2.45, 2.75) is 0 Å². The van der Waals surface area contributed by atoms with Crippen LogP contribution in [0.25, 0.3) is 0 Å². The molecule has 0 heterocycles. The van der Waals surface area contributed by atoms with Gasteiger partial charge in [-0.25, -0.2) is 0 Å². The van der Waals surface area contributed by atoms with Gasteiger partial charge in [0.05, 0.1) is 0 Å². The van der Waals surface area contributed by atoms with Gasteiger partial charge in [0, 0.05) is 0 Å². The van der Waals surface area contributed by atoms with Crippen LogP contribution in [0.15, 0.2) is 0 Å². The number of hydrogen-bond donors (Lipinski definition) is 0. The molecule has 0 N–H and O–H groups in total. The van der Waals surface area contributed by atoms with E-state index in [1.807, 2.05) is 0 Å². The summed E-state index contributed by atoms with van der Waals surface area (Å²) in [4.78, 5) is 0. The quantitative estimate of drug-likeness (QED) is 0.420. The topological polar surface area (TPSA) is 68.3 Å². The van der Waals surface area contributed by atoms with Gasteiger partial charge in [0.25, 0.3) is 0 Å². The van der Waals surface area contributed by atoms with E-state index in [1.165, 1.54) is 0 Å². The first-order valence-electron chi connectivity index (χ1n) is 0.577. The van der Waals surface area contributed by atoms with E-state index in [2.05, 4.69) is 0 Å². The summed E-state index contributed by atoms with van der Waals surface area (Å²) in [5.74, 6) is 0. The van der Waals surface area contributed by atoms with Gasteiger partial charge in [-0.1, -0.05) is 8.41 Å². The zero-order valence-corrected chi connectivity index (χ0v) is 7.53. The third-order valence-corrected chi connectivity index (χ3v) is 0. The Morgan fingerprint density at radius 3 is 0.857 bits per heavy atom. The van der Waals surface area contributed by atoms with Crippen LogP contribution in [0.1, 0.15) is 0 Å². The van der Waals surface area contributed by atoms with Crippen LogP contribution in [0.5, 0.6) is 0 Å². The molecule has 7 heteroatoms. The van der Waals surface area contributed by atoms with E-state index in [-0.39, 0.29) is 38.0 Å². The number of rotatable bonds is 0. The summed E-state index contributed by atoms with van der Waals surface area (Å²) < 4.78 is 34.5. The molecule has 0 aliphatic heterocycles. The molecule has 0 rings (SSSR count). The van der Waals surface area contributed by atoms with Crippen LogP contribution in [0, 0.1) is 0 Å². The molecule has 0 amide bonds. The van der Waals surface area contributed by atoms with E-state index in [0.29, 0.717) is 0 Å². The molecule has 0 saturated heterocycles. The van der Waals surface area contributed by atoms with Gasteiger partial charge in [0.1, 0.15) is 0 Å². The first kappa shape index (κ1) is 15.7. The molecular formula is H4BNaO4Os. The van der Waals surface area contributed by atoms with E-state index in [4.69, 9.17) is 14.2 Å². The monoisotopic (exact) mass is 294 g/mol. The second kappa shape index (κ2) is 5.05. The van der Waals surface area contributed by atoms with Crippen LogP contribution < -0.4 is 29.6 Å². The van der Waals surface area contributed by atoms with Gasteiger partial charge in [0.15, 0.2) is 0 Å². The average Bonchev–Trinajstić information content (AvgIpc) is 0.722. The second-order valence-electron chi connectivity index (χ2n) is 0.354. The van der Waals surface area contributed by atoms with Crippen molar-refractivity contribution in [1.29, 1.82) is 0 Å². The number of hydrogen-bond acceptors (Lipinski definition) is 4. The maximum absolute atomic E-state index is 8.63. The van der Waals surface area contributed by atoms with Crippen LogP contribution >= 0.6 is 0 Å². The van der Waals surface area contributed by atoms with Crippen molar-refractivity contribution in [2.24, 2.45) is 0 Å².